The predicted molar refractivity (Wildman–Crippen MR) is 120 cm³/mol. The van der Waals surface area contributed by atoms with Gasteiger partial charge in [0.2, 0.25) is 5.91 Å². The summed E-state index contributed by atoms with van der Waals surface area (Å²) < 4.78 is 45.0. The summed E-state index contributed by atoms with van der Waals surface area (Å²) in [6.45, 7) is -0.336. The van der Waals surface area contributed by atoms with Gasteiger partial charge in [-0.25, -0.2) is 4.79 Å². The number of aliphatic carboxylic acids is 1. The number of amides is 2. The van der Waals surface area contributed by atoms with Crippen LogP contribution in [-0.4, -0.2) is 59.4 Å². The van der Waals surface area contributed by atoms with Crippen LogP contribution in [0.5, 0.6) is 0 Å². The molecule has 0 aliphatic heterocycles. The van der Waals surface area contributed by atoms with Crippen molar-refractivity contribution < 1.29 is 37.4 Å². The first-order valence-electron chi connectivity index (χ1n) is 11.3. The largest absolute Gasteiger partial charge is 0.481 e. The second-order valence-corrected chi connectivity index (χ2v) is 8.75. The molecule has 0 radical (unpaired) electrons. The van der Waals surface area contributed by atoms with Gasteiger partial charge in [-0.05, 0) is 35.1 Å². The fourth-order valence-electron chi connectivity index (χ4n) is 4.49. The van der Waals surface area contributed by atoms with Gasteiger partial charge < -0.3 is 20.1 Å². The molecule has 0 spiro atoms. The molecule has 0 bridgehead atoms. The lowest BCUT2D eigenvalue weighted by Crippen LogP contribution is -2.51. The van der Waals surface area contributed by atoms with Crippen LogP contribution in [0.15, 0.2) is 48.5 Å². The van der Waals surface area contributed by atoms with E-state index in [4.69, 9.17) is 9.84 Å². The number of halogens is 3. The molecule has 186 valence electrons. The Labute approximate surface area is 199 Å². The van der Waals surface area contributed by atoms with E-state index in [0.717, 1.165) is 27.2 Å². The smallest absolute Gasteiger partial charge is 0.407 e. The van der Waals surface area contributed by atoms with Crippen molar-refractivity contribution in [3.05, 3.63) is 59.7 Å². The second kappa shape index (κ2) is 9.97. The third-order valence-corrected chi connectivity index (χ3v) is 6.21. The fraction of sp³-hybridized carbons (Fsp3) is 0.400. The molecule has 1 fully saturated rings. The quantitative estimate of drug-likeness (QED) is 0.546. The number of carboxylic acids is 1. The van der Waals surface area contributed by atoms with Gasteiger partial charge in [0.1, 0.15) is 12.6 Å². The summed E-state index contributed by atoms with van der Waals surface area (Å²) in [5.41, 5.74) is 3.89. The van der Waals surface area contributed by atoms with Gasteiger partial charge >= 0.3 is 18.2 Å². The Morgan fingerprint density at radius 3 is 2.11 bits per heavy atom. The van der Waals surface area contributed by atoms with Crippen LogP contribution in [0.2, 0.25) is 0 Å². The molecular formula is C25H25F3N2O5. The topological polar surface area (TPSA) is 95.9 Å². The van der Waals surface area contributed by atoms with Crippen LogP contribution in [0.4, 0.5) is 18.0 Å². The van der Waals surface area contributed by atoms with Crippen molar-refractivity contribution in [1.29, 1.82) is 0 Å². The number of carboxylic acid groups (broad SMARTS) is 1. The second-order valence-electron chi connectivity index (χ2n) is 8.75. The Hall–Kier alpha value is -3.56. The molecular weight excluding hydrogens is 465 g/mol. The van der Waals surface area contributed by atoms with Crippen molar-refractivity contribution in [2.24, 2.45) is 0 Å². The van der Waals surface area contributed by atoms with Crippen LogP contribution in [-0.2, 0) is 14.3 Å². The van der Waals surface area contributed by atoms with Crippen LogP contribution in [0, 0.1) is 0 Å². The number of hydrogen-bond acceptors (Lipinski definition) is 4. The van der Waals surface area contributed by atoms with Gasteiger partial charge in [-0.3, -0.25) is 9.59 Å². The van der Waals surface area contributed by atoms with Gasteiger partial charge in [0, 0.05) is 18.5 Å². The molecule has 2 amide bonds. The molecule has 2 aromatic rings. The van der Waals surface area contributed by atoms with Crippen molar-refractivity contribution in [1.82, 2.24) is 10.2 Å². The summed E-state index contributed by atoms with van der Waals surface area (Å²) in [5, 5.41) is 11.0. The Morgan fingerprint density at radius 2 is 1.60 bits per heavy atom. The number of hydrogen-bond donors (Lipinski definition) is 2. The summed E-state index contributed by atoms with van der Waals surface area (Å²) in [4.78, 5) is 37.5. The average molecular weight is 490 g/mol. The van der Waals surface area contributed by atoms with Crippen LogP contribution < -0.4 is 5.32 Å². The molecule has 0 aromatic heterocycles. The average Bonchev–Trinajstić information content (AvgIpc) is 3.58. The number of nitrogens with zero attached hydrogens (tertiary/aromatic N) is 1. The van der Waals surface area contributed by atoms with Gasteiger partial charge in [0.15, 0.2) is 0 Å². The highest BCUT2D eigenvalue weighted by atomic mass is 19.4. The van der Waals surface area contributed by atoms with E-state index in [1.165, 1.54) is 0 Å². The van der Waals surface area contributed by atoms with E-state index in [9.17, 15) is 27.6 Å². The molecule has 2 aliphatic rings. The molecule has 0 saturated heterocycles. The van der Waals surface area contributed by atoms with E-state index in [1.54, 1.807) is 0 Å². The zero-order chi connectivity index (χ0) is 25.2. The highest BCUT2D eigenvalue weighted by Gasteiger charge is 2.42. The van der Waals surface area contributed by atoms with Gasteiger partial charge in [0.05, 0.1) is 12.8 Å². The molecule has 2 N–H and O–H groups in total. The molecule has 2 aromatic carbocycles. The van der Waals surface area contributed by atoms with Crippen LogP contribution >= 0.6 is 0 Å². The Kier molecular flexibility index (Phi) is 7.00. The normalized spacial score (nSPS) is 15.6. The third kappa shape index (κ3) is 5.93. The van der Waals surface area contributed by atoms with E-state index >= 15 is 0 Å². The lowest BCUT2D eigenvalue weighted by molar-refractivity contribution is -0.155. The standard InChI is InChI=1S/C25H25F3N2O5/c26-25(27,28)13-21(23(33)30(15-9-10-15)12-11-22(31)32)29-24(34)35-14-20-18-7-3-1-5-16(18)17-6-2-4-8-19(17)20/h1-8,15,20-21H,9-14H2,(H,29,34)(H,31,32). The molecule has 2 aliphatic carbocycles. The van der Waals surface area contributed by atoms with Crippen molar-refractivity contribution in [3.63, 3.8) is 0 Å². The van der Waals surface area contributed by atoms with E-state index in [2.05, 4.69) is 5.32 Å². The number of fused-ring (bicyclic) bond motifs is 3. The lowest BCUT2D eigenvalue weighted by atomic mass is 9.98. The van der Waals surface area contributed by atoms with Crippen molar-refractivity contribution in [2.75, 3.05) is 13.2 Å². The van der Waals surface area contributed by atoms with E-state index < -0.39 is 43.0 Å². The summed E-state index contributed by atoms with van der Waals surface area (Å²) in [5.74, 6) is -2.41. The molecule has 4 rings (SSSR count). The van der Waals surface area contributed by atoms with Gasteiger partial charge in [0.25, 0.3) is 0 Å². The number of rotatable bonds is 9. The maximum atomic E-state index is 13.2. The fourth-order valence-corrected chi connectivity index (χ4v) is 4.49. The third-order valence-electron chi connectivity index (χ3n) is 6.21. The van der Waals surface area contributed by atoms with E-state index in [1.807, 2.05) is 48.5 Å². The molecule has 1 unspecified atom stereocenters. The summed E-state index contributed by atoms with van der Waals surface area (Å²) in [6, 6.07) is 13.0. The number of nitrogens with one attached hydrogen (secondary N) is 1. The summed E-state index contributed by atoms with van der Waals surface area (Å²) >= 11 is 0. The number of alkyl carbamates (subject to hydrolysis) is 1. The number of alkyl halides is 3. The summed E-state index contributed by atoms with van der Waals surface area (Å²) in [6.07, 6.45) is -6.68. The van der Waals surface area contributed by atoms with Gasteiger partial charge in [-0.1, -0.05) is 48.5 Å². The minimum Gasteiger partial charge on any atom is -0.481 e. The highest BCUT2D eigenvalue weighted by Crippen LogP contribution is 2.44. The van der Waals surface area contributed by atoms with E-state index in [0.29, 0.717) is 12.8 Å². The number of carbonyl (C=O) groups excluding carboxylic acids is 2. The predicted octanol–water partition coefficient (Wildman–Crippen LogP) is 4.31. The molecule has 10 heteroatoms. The van der Waals surface area contributed by atoms with Gasteiger partial charge in [-0.15, -0.1) is 0 Å². The molecule has 1 atom stereocenters. The lowest BCUT2D eigenvalue weighted by Gasteiger charge is -2.28. The minimum atomic E-state index is -4.72. The Bertz CT molecular complexity index is 1070. The zero-order valence-corrected chi connectivity index (χ0v) is 18.8. The zero-order valence-electron chi connectivity index (χ0n) is 18.8. The van der Waals surface area contributed by atoms with Crippen molar-refractivity contribution in [3.8, 4) is 11.1 Å². The van der Waals surface area contributed by atoms with Crippen LogP contribution in [0.25, 0.3) is 11.1 Å². The molecule has 7 nitrogen and oxygen atoms in total. The van der Waals surface area contributed by atoms with Crippen LogP contribution in [0.1, 0.15) is 42.7 Å². The molecule has 35 heavy (non-hydrogen) atoms. The van der Waals surface area contributed by atoms with Crippen molar-refractivity contribution in [2.45, 2.75) is 49.9 Å². The Morgan fingerprint density at radius 1 is 1.03 bits per heavy atom. The van der Waals surface area contributed by atoms with E-state index in [-0.39, 0.29) is 25.1 Å². The minimum absolute atomic E-state index is 0.113. The van der Waals surface area contributed by atoms with Crippen molar-refractivity contribution >= 4 is 18.0 Å². The Balaban J connectivity index is 1.45. The SMILES string of the molecule is O=C(O)CCN(C(=O)C(CC(F)(F)F)NC(=O)OCC1c2ccccc2-c2ccccc21)C1CC1. The highest BCUT2D eigenvalue weighted by molar-refractivity contribution is 5.86. The monoisotopic (exact) mass is 490 g/mol. The molecule has 1 saturated carbocycles. The van der Waals surface area contributed by atoms with Gasteiger partial charge in [-0.2, -0.15) is 13.2 Å². The number of carbonyl (C=O) groups is 3. The number of ether oxygens (including phenoxy) is 1. The maximum absolute atomic E-state index is 13.2. The van der Waals surface area contributed by atoms with Crippen LogP contribution in [0.3, 0.4) is 0 Å². The summed E-state index contributed by atoms with van der Waals surface area (Å²) in [7, 11) is 0. The first kappa shape index (κ1) is 24.6. The number of benzene rings is 2. The molecule has 0 heterocycles. The first-order chi connectivity index (χ1) is 16.6. The first-order valence-corrected chi connectivity index (χ1v) is 11.3. The maximum Gasteiger partial charge on any atom is 0.407 e.